The van der Waals surface area contributed by atoms with E-state index in [4.69, 9.17) is 4.74 Å². The van der Waals surface area contributed by atoms with Crippen LogP contribution in [-0.4, -0.2) is 26.9 Å². The van der Waals surface area contributed by atoms with E-state index < -0.39 is 0 Å². The highest BCUT2D eigenvalue weighted by Gasteiger charge is 2.19. The fourth-order valence-electron chi connectivity index (χ4n) is 0.557. The molecule has 0 aromatic heterocycles. The van der Waals surface area contributed by atoms with Gasteiger partial charge in [-0.2, -0.15) is 0 Å². The number of hydrogen-bond acceptors (Lipinski definition) is 2. The van der Waals surface area contributed by atoms with Crippen LogP contribution >= 0.6 is 0 Å². The van der Waals surface area contributed by atoms with E-state index in [1.807, 2.05) is 0 Å². The van der Waals surface area contributed by atoms with Crippen LogP contribution in [-0.2, 0) is 9.47 Å². The van der Waals surface area contributed by atoms with Crippen molar-refractivity contribution in [2.45, 2.75) is 25.9 Å². The van der Waals surface area contributed by atoms with Crippen molar-refractivity contribution in [2.24, 2.45) is 0 Å². The Balaban J connectivity index is 0.000000187. The first kappa shape index (κ1) is 8.92. The first-order chi connectivity index (χ1) is 4.35. The van der Waals surface area contributed by atoms with E-state index in [1.54, 1.807) is 14.2 Å². The Morgan fingerprint density at radius 3 is 2.11 bits per heavy atom. The van der Waals surface area contributed by atoms with Crippen LogP contribution in [0.1, 0.15) is 19.8 Å². The van der Waals surface area contributed by atoms with E-state index in [0.29, 0.717) is 6.10 Å². The maximum Gasteiger partial charge on any atom is 0.0809 e. The summed E-state index contributed by atoms with van der Waals surface area (Å²) in [4.78, 5) is 0. The standard InChI is InChI=1S/C5H10O.C2H6O/c1-2-3-5-4-6-5;1-3-2/h5H,2-4H2,1H3;1-2H3. The van der Waals surface area contributed by atoms with Crippen LogP contribution in [0.15, 0.2) is 0 Å². The fraction of sp³-hybridized carbons (Fsp3) is 1.00. The molecule has 1 saturated heterocycles. The zero-order valence-corrected chi connectivity index (χ0v) is 6.52. The number of ether oxygens (including phenoxy) is 2. The van der Waals surface area contributed by atoms with Crippen molar-refractivity contribution in [3.05, 3.63) is 0 Å². The third-order valence-corrected chi connectivity index (χ3v) is 1.01. The highest BCUT2D eigenvalue weighted by atomic mass is 16.6. The third-order valence-electron chi connectivity index (χ3n) is 1.01. The van der Waals surface area contributed by atoms with E-state index in [0.717, 1.165) is 6.61 Å². The molecule has 0 amide bonds. The number of methoxy groups -OCH3 is 1. The Labute approximate surface area is 57.2 Å². The van der Waals surface area contributed by atoms with Gasteiger partial charge in [0.15, 0.2) is 0 Å². The monoisotopic (exact) mass is 132 g/mol. The Bertz CT molecular complexity index is 50.9. The van der Waals surface area contributed by atoms with E-state index in [1.165, 1.54) is 12.8 Å². The van der Waals surface area contributed by atoms with Gasteiger partial charge in [0, 0.05) is 14.2 Å². The fourth-order valence-corrected chi connectivity index (χ4v) is 0.557. The molecule has 1 aliphatic rings. The highest BCUT2D eigenvalue weighted by molar-refractivity contribution is 4.66. The van der Waals surface area contributed by atoms with Crippen molar-refractivity contribution in [2.75, 3.05) is 20.8 Å². The first-order valence-electron chi connectivity index (χ1n) is 3.36. The van der Waals surface area contributed by atoms with Gasteiger partial charge in [-0.15, -0.1) is 0 Å². The average Bonchev–Trinajstić information content (AvgIpc) is 2.53. The average molecular weight is 132 g/mol. The van der Waals surface area contributed by atoms with Crippen LogP contribution in [0.3, 0.4) is 0 Å². The van der Waals surface area contributed by atoms with Crippen LogP contribution < -0.4 is 0 Å². The summed E-state index contributed by atoms with van der Waals surface area (Å²) in [5.41, 5.74) is 0. The lowest BCUT2D eigenvalue weighted by atomic mass is 10.3. The van der Waals surface area contributed by atoms with Crippen molar-refractivity contribution >= 4 is 0 Å². The smallest absolute Gasteiger partial charge is 0.0809 e. The molecule has 1 rings (SSSR count). The summed E-state index contributed by atoms with van der Waals surface area (Å²) in [5.74, 6) is 0. The Morgan fingerprint density at radius 1 is 1.56 bits per heavy atom. The van der Waals surface area contributed by atoms with E-state index in [2.05, 4.69) is 11.7 Å². The molecule has 0 bridgehead atoms. The summed E-state index contributed by atoms with van der Waals surface area (Å²) >= 11 is 0. The summed E-state index contributed by atoms with van der Waals surface area (Å²) in [6, 6.07) is 0. The van der Waals surface area contributed by atoms with Crippen LogP contribution in [0, 0.1) is 0 Å². The molecule has 0 spiro atoms. The van der Waals surface area contributed by atoms with Crippen molar-refractivity contribution in [1.82, 2.24) is 0 Å². The predicted octanol–water partition coefficient (Wildman–Crippen LogP) is 1.45. The molecule has 2 nitrogen and oxygen atoms in total. The summed E-state index contributed by atoms with van der Waals surface area (Å²) < 4.78 is 9.20. The molecule has 0 radical (unpaired) electrons. The van der Waals surface area contributed by atoms with Gasteiger partial charge in [-0.1, -0.05) is 13.3 Å². The van der Waals surface area contributed by atoms with Crippen molar-refractivity contribution in [3.63, 3.8) is 0 Å². The molecule has 0 aromatic rings. The molecule has 1 unspecified atom stereocenters. The van der Waals surface area contributed by atoms with Gasteiger partial charge in [0.1, 0.15) is 0 Å². The maximum absolute atomic E-state index is 4.95. The minimum Gasteiger partial charge on any atom is -0.388 e. The Hall–Kier alpha value is -0.0800. The highest BCUT2D eigenvalue weighted by Crippen LogP contribution is 2.14. The third kappa shape index (κ3) is 7.92. The van der Waals surface area contributed by atoms with E-state index >= 15 is 0 Å². The lowest BCUT2D eigenvalue weighted by Crippen LogP contribution is -1.78. The molecule has 2 heteroatoms. The number of epoxide rings is 1. The summed E-state index contributed by atoms with van der Waals surface area (Å²) in [5, 5.41) is 0. The zero-order valence-electron chi connectivity index (χ0n) is 6.52. The van der Waals surface area contributed by atoms with Crippen LogP contribution in [0.2, 0.25) is 0 Å². The molecule has 1 heterocycles. The maximum atomic E-state index is 4.95. The Kier molecular flexibility index (Phi) is 5.99. The SMILES string of the molecule is CCCC1CO1.COC. The lowest BCUT2D eigenvalue weighted by molar-refractivity contribution is 0.277. The van der Waals surface area contributed by atoms with Gasteiger partial charge in [0.25, 0.3) is 0 Å². The van der Waals surface area contributed by atoms with Gasteiger partial charge in [0.2, 0.25) is 0 Å². The van der Waals surface area contributed by atoms with Crippen molar-refractivity contribution in [1.29, 1.82) is 0 Å². The zero-order chi connectivity index (χ0) is 7.11. The molecular formula is C7H16O2. The second-order valence-corrected chi connectivity index (χ2v) is 2.15. The summed E-state index contributed by atoms with van der Waals surface area (Å²) in [6.45, 7) is 3.20. The first-order valence-corrected chi connectivity index (χ1v) is 3.36. The largest absolute Gasteiger partial charge is 0.388 e. The van der Waals surface area contributed by atoms with Gasteiger partial charge < -0.3 is 9.47 Å². The second-order valence-electron chi connectivity index (χ2n) is 2.15. The molecule has 9 heavy (non-hydrogen) atoms. The van der Waals surface area contributed by atoms with E-state index in [-0.39, 0.29) is 0 Å². The molecule has 0 saturated carbocycles. The number of hydrogen-bond donors (Lipinski definition) is 0. The molecule has 56 valence electrons. The van der Waals surface area contributed by atoms with Crippen LogP contribution in [0.5, 0.6) is 0 Å². The molecule has 1 atom stereocenters. The quantitative estimate of drug-likeness (QED) is 0.530. The van der Waals surface area contributed by atoms with Crippen LogP contribution in [0.25, 0.3) is 0 Å². The van der Waals surface area contributed by atoms with Gasteiger partial charge >= 0.3 is 0 Å². The van der Waals surface area contributed by atoms with Gasteiger partial charge in [-0.3, -0.25) is 0 Å². The number of rotatable bonds is 2. The molecule has 0 aliphatic carbocycles. The molecule has 0 N–H and O–H groups in total. The lowest BCUT2D eigenvalue weighted by Gasteiger charge is -1.79. The predicted molar refractivity (Wildman–Crippen MR) is 37.6 cm³/mol. The summed E-state index contributed by atoms with van der Waals surface area (Å²) in [6.07, 6.45) is 3.18. The van der Waals surface area contributed by atoms with Gasteiger partial charge in [-0.25, -0.2) is 0 Å². The minimum atomic E-state index is 0.648. The summed E-state index contributed by atoms with van der Waals surface area (Å²) in [7, 11) is 3.25. The molecule has 1 fully saturated rings. The molecule has 0 aromatic carbocycles. The van der Waals surface area contributed by atoms with Crippen molar-refractivity contribution in [3.8, 4) is 0 Å². The Morgan fingerprint density at radius 2 is 2.00 bits per heavy atom. The van der Waals surface area contributed by atoms with Crippen LogP contribution in [0.4, 0.5) is 0 Å². The van der Waals surface area contributed by atoms with Crippen molar-refractivity contribution < 1.29 is 9.47 Å². The minimum absolute atomic E-state index is 0.648. The molecular weight excluding hydrogens is 116 g/mol. The molecule has 1 aliphatic heterocycles. The van der Waals surface area contributed by atoms with E-state index in [9.17, 15) is 0 Å². The van der Waals surface area contributed by atoms with Gasteiger partial charge in [0.05, 0.1) is 12.7 Å². The second kappa shape index (κ2) is 6.05. The topological polar surface area (TPSA) is 21.8 Å². The van der Waals surface area contributed by atoms with Gasteiger partial charge in [-0.05, 0) is 6.42 Å². The normalized spacial score (nSPS) is 22.3.